The number of amides is 4. The maximum Gasteiger partial charge on any atom is 0.319 e. The van der Waals surface area contributed by atoms with Crippen LogP contribution in [0.2, 0.25) is 0 Å². The van der Waals surface area contributed by atoms with Crippen LogP contribution in [-0.4, -0.2) is 36.1 Å². The third kappa shape index (κ3) is 3.88. The van der Waals surface area contributed by atoms with Crippen molar-refractivity contribution in [3.8, 4) is 0 Å². The van der Waals surface area contributed by atoms with E-state index in [1.54, 1.807) is 4.90 Å². The summed E-state index contributed by atoms with van der Waals surface area (Å²) in [5, 5.41) is 5.66. The van der Waals surface area contributed by atoms with Crippen molar-refractivity contribution in [2.24, 2.45) is 5.73 Å². The molecular weight excluding hydrogens is 256 g/mol. The van der Waals surface area contributed by atoms with Gasteiger partial charge in [0.15, 0.2) is 0 Å². The molecule has 0 aromatic heterocycles. The molecule has 1 aromatic rings. The Labute approximate surface area is 118 Å². The highest BCUT2D eigenvalue weighted by molar-refractivity contribution is 5.89. The normalized spacial score (nSPS) is 18.4. The van der Waals surface area contributed by atoms with E-state index < -0.39 is 6.03 Å². The minimum absolute atomic E-state index is 0.0546. The minimum Gasteiger partial charge on any atom is -0.351 e. The van der Waals surface area contributed by atoms with Gasteiger partial charge in [-0.2, -0.15) is 0 Å². The lowest BCUT2D eigenvalue weighted by Gasteiger charge is -2.31. The molecular formula is C14H20N4O2. The summed E-state index contributed by atoms with van der Waals surface area (Å²) in [6.45, 7) is 3.10. The number of likely N-dealkylation sites (tertiary alicyclic amines) is 1. The monoisotopic (exact) mass is 276 g/mol. The zero-order valence-electron chi connectivity index (χ0n) is 11.6. The van der Waals surface area contributed by atoms with Gasteiger partial charge in [0.25, 0.3) is 0 Å². The Bertz CT molecular complexity index is 504. The van der Waals surface area contributed by atoms with Gasteiger partial charge in [0.2, 0.25) is 0 Å². The molecule has 0 unspecified atom stereocenters. The minimum atomic E-state index is -0.435. The number of aryl methyl sites for hydroxylation is 1. The van der Waals surface area contributed by atoms with Crippen molar-refractivity contribution >= 4 is 17.7 Å². The van der Waals surface area contributed by atoms with Crippen LogP contribution in [0.3, 0.4) is 0 Å². The molecule has 2 rings (SSSR count). The van der Waals surface area contributed by atoms with E-state index in [-0.39, 0.29) is 12.1 Å². The van der Waals surface area contributed by atoms with Gasteiger partial charge >= 0.3 is 12.1 Å². The number of nitrogens with zero attached hydrogens (tertiary/aromatic N) is 1. The van der Waals surface area contributed by atoms with Gasteiger partial charge in [-0.15, -0.1) is 0 Å². The summed E-state index contributed by atoms with van der Waals surface area (Å²) >= 11 is 0. The molecule has 4 N–H and O–H groups in total. The number of primary amides is 1. The van der Waals surface area contributed by atoms with E-state index in [2.05, 4.69) is 10.6 Å². The Kier molecular flexibility index (Phi) is 4.45. The van der Waals surface area contributed by atoms with Crippen LogP contribution in [-0.2, 0) is 0 Å². The highest BCUT2D eigenvalue weighted by Gasteiger charge is 2.23. The molecule has 1 aliphatic heterocycles. The van der Waals surface area contributed by atoms with Gasteiger partial charge in [0, 0.05) is 24.8 Å². The van der Waals surface area contributed by atoms with Crippen LogP contribution in [0, 0.1) is 6.92 Å². The van der Waals surface area contributed by atoms with Crippen LogP contribution in [0.25, 0.3) is 0 Å². The molecule has 1 aromatic carbocycles. The van der Waals surface area contributed by atoms with Crippen LogP contribution < -0.4 is 16.4 Å². The number of hydrogen-bond acceptors (Lipinski definition) is 2. The molecule has 1 aliphatic rings. The number of rotatable bonds is 2. The second-order valence-electron chi connectivity index (χ2n) is 5.09. The van der Waals surface area contributed by atoms with Crippen molar-refractivity contribution in [1.29, 1.82) is 0 Å². The first-order chi connectivity index (χ1) is 9.54. The molecule has 0 bridgehead atoms. The molecule has 1 fully saturated rings. The highest BCUT2D eigenvalue weighted by Crippen LogP contribution is 2.11. The van der Waals surface area contributed by atoms with Crippen LogP contribution in [0.5, 0.6) is 0 Å². The number of nitrogens with two attached hydrogens (primary N) is 1. The molecule has 0 radical (unpaired) electrons. The molecule has 6 heteroatoms. The number of nitrogens with one attached hydrogen (secondary N) is 2. The van der Waals surface area contributed by atoms with Crippen LogP contribution >= 0.6 is 0 Å². The fraction of sp³-hybridized carbons (Fsp3) is 0.429. The van der Waals surface area contributed by atoms with E-state index in [0.717, 1.165) is 24.1 Å². The number of piperidine rings is 1. The predicted octanol–water partition coefficient (Wildman–Crippen LogP) is 1.66. The van der Waals surface area contributed by atoms with Crippen LogP contribution in [0.4, 0.5) is 15.3 Å². The first kappa shape index (κ1) is 14.2. The third-order valence-electron chi connectivity index (χ3n) is 3.34. The molecule has 108 valence electrons. The largest absolute Gasteiger partial charge is 0.351 e. The summed E-state index contributed by atoms with van der Waals surface area (Å²) in [5.74, 6) is 0. The summed E-state index contributed by atoms with van der Waals surface area (Å²) in [6.07, 6.45) is 1.70. The van der Waals surface area contributed by atoms with Gasteiger partial charge < -0.3 is 21.3 Å². The molecule has 0 spiro atoms. The van der Waals surface area contributed by atoms with Gasteiger partial charge in [-0.05, 0) is 37.5 Å². The fourth-order valence-corrected chi connectivity index (χ4v) is 2.37. The number of anilines is 1. The number of hydrogen-bond donors (Lipinski definition) is 3. The topological polar surface area (TPSA) is 87.5 Å². The summed E-state index contributed by atoms with van der Waals surface area (Å²) in [5.41, 5.74) is 7.10. The molecule has 1 heterocycles. The lowest BCUT2D eigenvalue weighted by molar-refractivity contribution is 0.181. The number of urea groups is 2. The molecule has 0 saturated carbocycles. The van der Waals surface area contributed by atoms with Crippen molar-refractivity contribution in [2.45, 2.75) is 25.8 Å². The summed E-state index contributed by atoms with van der Waals surface area (Å²) in [7, 11) is 0. The zero-order chi connectivity index (χ0) is 14.5. The quantitative estimate of drug-likeness (QED) is 0.767. The molecule has 0 aliphatic carbocycles. The maximum absolute atomic E-state index is 11.9. The van der Waals surface area contributed by atoms with Crippen molar-refractivity contribution in [1.82, 2.24) is 10.2 Å². The number of carbonyl (C=O) groups is 2. The molecule has 6 nitrogen and oxygen atoms in total. The van der Waals surface area contributed by atoms with E-state index in [0.29, 0.717) is 13.1 Å². The van der Waals surface area contributed by atoms with Gasteiger partial charge in [-0.1, -0.05) is 12.1 Å². The smallest absolute Gasteiger partial charge is 0.319 e. The zero-order valence-corrected chi connectivity index (χ0v) is 11.6. The molecule has 1 saturated heterocycles. The molecule has 20 heavy (non-hydrogen) atoms. The van der Waals surface area contributed by atoms with Crippen molar-refractivity contribution < 1.29 is 9.59 Å². The van der Waals surface area contributed by atoms with E-state index in [1.165, 1.54) is 0 Å². The second kappa shape index (κ2) is 6.27. The Morgan fingerprint density at radius 2 is 2.20 bits per heavy atom. The third-order valence-corrected chi connectivity index (χ3v) is 3.34. The first-order valence-corrected chi connectivity index (χ1v) is 6.73. The maximum atomic E-state index is 11.9. The van der Waals surface area contributed by atoms with E-state index in [1.807, 2.05) is 31.2 Å². The first-order valence-electron chi connectivity index (χ1n) is 6.73. The highest BCUT2D eigenvalue weighted by atomic mass is 16.2. The Morgan fingerprint density at radius 3 is 2.90 bits per heavy atom. The Morgan fingerprint density at radius 1 is 1.40 bits per heavy atom. The molecule has 1 atom stereocenters. The van der Waals surface area contributed by atoms with Gasteiger partial charge in [0.1, 0.15) is 0 Å². The van der Waals surface area contributed by atoms with Crippen LogP contribution in [0.1, 0.15) is 18.4 Å². The van der Waals surface area contributed by atoms with Gasteiger partial charge in [-0.3, -0.25) is 0 Å². The van der Waals surface area contributed by atoms with Crippen molar-refractivity contribution in [2.75, 3.05) is 18.4 Å². The van der Waals surface area contributed by atoms with Crippen molar-refractivity contribution in [3.63, 3.8) is 0 Å². The predicted molar refractivity (Wildman–Crippen MR) is 77.5 cm³/mol. The Hall–Kier alpha value is -2.24. The lowest BCUT2D eigenvalue weighted by atomic mass is 10.1. The standard InChI is InChI=1S/C14H20N4O2/c1-10-4-2-5-11(8-10)16-14(20)17-12-6-3-7-18(9-12)13(15)19/h2,4-5,8,12H,3,6-7,9H2,1H3,(H2,15,19)(H2,16,17,20)/t12-/m0/s1. The van der Waals surface area contributed by atoms with Crippen LogP contribution in [0.15, 0.2) is 24.3 Å². The SMILES string of the molecule is Cc1cccc(NC(=O)N[C@H]2CCCN(C(N)=O)C2)c1. The van der Waals surface area contributed by atoms with E-state index in [9.17, 15) is 9.59 Å². The van der Waals surface area contributed by atoms with Gasteiger partial charge in [0.05, 0.1) is 0 Å². The van der Waals surface area contributed by atoms with E-state index in [4.69, 9.17) is 5.73 Å². The summed E-state index contributed by atoms with van der Waals surface area (Å²) in [4.78, 5) is 24.6. The summed E-state index contributed by atoms with van der Waals surface area (Å²) < 4.78 is 0. The average molecular weight is 276 g/mol. The van der Waals surface area contributed by atoms with E-state index >= 15 is 0 Å². The van der Waals surface area contributed by atoms with Gasteiger partial charge in [-0.25, -0.2) is 9.59 Å². The fourth-order valence-electron chi connectivity index (χ4n) is 2.37. The van der Waals surface area contributed by atoms with Crippen molar-refractivity contribution in [3.05, 3.63) is 29.8 Å². The number of carbonyl (C=O) groups excluding carboxylic acids is 2. The lowest BCUT2D eigenvalue weighted by Crippen LogP contribution is -2.51. The second-order valence-corrected chi connectivity index (χ2v) is 5.09. The number of benzene rings is 1. The summed E-state index contributed by atoms with van der Waals surface area (Å²) in [6, 6.07) is 6.85. The average Bonchev–Trinajstić information content (AvgIpc) is 2.38. The molecule has 4 amide bonds. The Balaban J connectivity index is 1.86.